The predicted molar refractivity (Wildman–Crippen MR) is 68.0 cm³/mol. The molecule has 2 aromatic rings. The van der Waals surface area contributed by atoms with Crippen molar-refractivity contribution >= 4 is 11.4 Å². The zero-order chi connectivity index (χ0) is 14.0. The molecule has 5 nitrogen and oxygen atoms in total. The molecule has 0 aliphatic carbocycles. The van der Waals surface area contributed by atoms with Gasteiger partial charge in [0.2, 0.25) is 0 Å². The highest BCUT2D eigenvalue weighted by Crippen LogP contribution is 2.28. The maximum Gasteiger partial charge on any atom is 0.292 e. The molecule has 1 atom stereocenters. The lowest BCUT2D eigenvalue weighted by atomic mass is 10.0. The van der Waals surface area contributed by atoms with Gasteiger partial charge < -0.3 is 10.8 Å². The average Bonchev–Trinajstić information content (AvgIpc) is 2.39. The molecule has 0 saturated carbocycles. The Morgan fingerprint density at radius 2 is 1.74 bits per heavy atom. The van der Waals surface area contributed by atoms with E-state index < -0.39 is 16.8 Å². The van der Waals surface area contributed by atoms with Crippen LogP contribution in [0.1, 0.15) is 17.2 Å². The zero-order valence-electron chi connectivity index (χ0n) is 9.79. The van der Waals surface area contributed by atoms with Crippen LogP contribution in [0.2, 0.25) is 0 Å². The number of anilines is 1. The van der Waals surface area contributed by atoms with E-state index in [0.717, 1.165) is 0 Å². The van der Waals surface area contributed by atoms with Crippen molar-refractivity contribution in [2.24, 2.45) is 0 Å². The van der Waals surface area contributed by atoms with E-state index in [2.05, 4.69) is 0 Å². The Balaban J connectivity index is 2.38. The topological polar surface area (TPSA) is 89.4 Å². The fraction of sp³-hybridized carbons (Fsp3) is 0.0769. The van der Waals surface area contributed by atoms with Crippen molar-refractivity contribution in [2.45, 2.75) is 6.10 Å². The Labute approximate surface area is 108 Å². The Hall–Kier alpha value is -2.47. The molecule has 0 saturated heterocycles. The number of aliphatic hydroxyl groups excluding tert-OH is 1. The molecule has 2 rings (SSSR count). The summed E-state index contributed by atoms with van der Waals surface area (Å²) in [7, 11) is 0. The molecule has 1 unspecified atom stereocenters. The number of nitrogen functional groups attached to an aromatic ring is 1. The summed E-state index contributed by atoms with van der Waals surface area (Å²) >= 11 is 0. The van der Waals surface area contributed by atoms with Gasteiger partial charge in [0.25, 0.3) is 5.69 Å². The smallest absolute Gasteiger partial charge is 0.292 e. The maximum atomic E-state index is 12.8. The fourth-order valence-corrected chi connectivity index (χ4v) is 1.73. The fourth-order valence-electron chi connectivity index (χ4n) is 1.73. The van der Waals surface area contributed by atoms with Crippen LogP contribution in [0.5, 0.6) is 0 Å². The summed E-state index contributed by atoms with van der Waals surface area (Å²) in [6, 6.07) is 9.33. The number of benzene rings is 2. The number of hydrogen-bond acceptors (Lipinski definition) is 4. The number of hydrogen-bond donors (Lipinski definition) is 2. The van der Waals surface area contributed by atoms with Crippen molar-refractivity contribution in [3.8, 4) is 0 Å². The summed E-state index contributed by atoms with van der Waals surface area (Å²) in [6.45, 7) is 0. The largest absolute Gasteiger partial charge is 0.393 e. The van der Waals surface area contributed by atoms with Crippen molar-refractivity contribution in [1.82, 2.24) is 0 Å². The van der Waals surface area contributed by atoms with Crippen LogP contribution in [0.3, 0.4) is 0 Å². The number of nitrogens with zero attached hydrogens (tertiary/aromatic N) is 1. The first-order chi connectivity index (χ1) is 8.99. The number of halogens is 1. The van der Waals surface area contributed by atoms with Gasteiger partial charge in [-0.2, -0.15) is 0 Å². The molecule has 0 heterocycles. The Morgan fingerprint density at radius 1 is 1.16 bits per heavy atom. The summed E-state index contributed by atoms with van der Waals surface area (Å²) in [5.41, 5.74) is 6.01. The predicted octanol–water partition coefficient (Wildman–Crippen LogP) is 2.40. The SMILES string of the molecule is Nc1ccc(C(O)c2ccc(F)cc2)cc1[N+](=O)[O-]. The highest BCUT2D eigenvalue weighted by Gasteiger charge is 2.17. The van der Waals surface area contributed by atoms with Gasteiger partial charge in [0.05, 0.1) is 4.92 Å². The number of nitro benzene ring substituents is 1. The van der Waals surface area contributed by atoms with Crippen molar-refractivity contribution < 1.29 is 14.4 Å². The van der Waals surface area contributed by atoms with Gasteiger partial charge in [-0.05, 0) is 29.3 Å². The minimum atomic E-state index is -1.07. The van der Waals surface area contributed by atoms with Crippen LogP contribution in [0.15, 0.2) is 42.5 Å². The third kappa shape index (κ3) is 2.69. The first-order valence-corrected chi connectivity index (χ1v) is 5.46. The van der Waals surface area contributed by atoms with Crippen LogP contribution in [0, 0.1) is 15.9 Å². The van der Waals surface area contributed by atoms with Crippen LogP contribution in [-0.4, -0.2) is 10.0 Å². The summed E-state index contributed by atoms with van der Waals surface area (Å²) in [5.74, 6) is -0.417. The van der Waals surface area contributed by atoms with Crippen LogP contribution in [-0.2, 0) is 0 Å². The lowest BCUT2D eigenvalue weighted by Crippen LogP contribution is -2.02. The average molecular weight is 262 g/mol. The van der Waals surface area contributed by atoms with E-state index in [-0.39, 0.29) is 11.4 Å². The van der Waals surface area contributed by atoms with Crippen LogP contribution < -0.4 is 5.73 Å². The third-order valence-corrected chi connectivity index (χ3v) is 2.75. The molecular formula is C13H11FN2O3. The summed E-state index contributed by atoms with van der Waals surface area (Å²) in [5, 5.41) is 20.9. The molecule has 0 amide bonds. The number of rotatable bonds is 3. The third-order valence-electron chi connectivity index (χ3n) is 2.75. The molecule has 3 N–H and O–H groups in total. The van der Waals surface area contributed by atoms with E-state index in [9.17, 15) is 19.6 Å². The molecule has 6 heteroatoms. The monoisotopic (exact) mass is 262 g/mol. The highest BCUT2D eigenvalue weighted by atomic mass is 19.1. The van der Waals surface area contributed by atoms with Crippen molar-refractivity contribution in [1.29, 1.82) is 0 Å². The van der Waals surface area contributed by atoms with E-state index in [1.807, 2.05) is 0 Å². The summed E-state index contributed by atoms with van der Waals surface area (Å²) < 4.78 is 12.8. The number of aliphatic hydroxyl groups is 1. The highest BCUT2D eigenvalue weighted by molar-refractivity contribution is 5.59. The van der Waals surface area contributed by atoms with Gasteiger partial charge >= 0.3 is 0 Å². The van der Waals surface area contributed by atoms with Crippen molar-refractivity contribution in [3.63, 3.8) is 0 Å². The molecule has 0 spiro atoms. The van der Waals surface area contributed by atoms with Gasteiger partial charge in [-0.25, -0.2) is 4.39 Å². The molecule has 19 heavy (non-hydrogen) atoms. The van der Waals surface area contributed by atoms with Gasteiger partial charge in [0.1, 0.15) is 17.6 Å². The molecule has 0 fully saturated rings. The molecule has 0 aliphatic rings. The van der Waals surface area contributed by atoms with E-state index >= 15 is 0 Å². The summed E-state index contributed by atoms with van der Waals surface area (Å²) in [6.07, 6.45) is -1.07. The second-order valence-corrected chi connectivity index (χ2v) is 4.03. The summed E-state index contributed by atoms with van der Waals surface area (Å²) in [4.78, 5) is 10.2. The minimum Gasteiger partial charge on any atom is -0.393 e. The molecule has 0 aliphatic heterocycles. The van der Waals surface area contributed by atoms with Gasteiger partial charge in [0, 0.05) is 6.07 Å². The Kier molecular flexibility index (Phi) is 3.43. The first kappa shape index (κ1) is 13.0. The molecule has 2 aromatic carbocycles. The second-order valence-electron chi connectivity index (χ2n) is 4.03. The second kappa shape index (κ2) is 5.03. The van der Waals surface area contributed by atoms with E-state index in [1.54, 1.807) is 0 Å². The normalized spacial score (nSPS) is 12.1. The first-order valence-electron chi connectivity index (χ1n) is 5.46. The Morgan fingerprint density at radius 3 is 2.32 bits per heavy atom. The van der Waals surface area contributed by atoms with Crippen molar-refractivity contribution in [2.75, 3.05) is 5.73 Å². The molecule has 0 aromatic heterocycles. The van der Waals surface area contributed by atoms with Crippen LogP contribution in [0.4, 0.5) is 15.8 Å². The minimum absolute atomic E-state index is 0.0278. The van der Waals surface area contributed by atoms with Crippen LogP contribution >= 0.6 is 0 Å². The lowest BCUT2D eigenvalue weighted by molar-refractivity contribution is -0.384. The van der Waals surface area contributed by atoms with Gasteiger partial charge in [-0.3, -0.25) is 10.1 Å². The molecule has 0 radical (unpaired) electrons. The number of nitro groups is 1. The number of nitrogens with two attached hydrogens (primary N) is 1. The maximum absolute atomic E-state index is 12.8. The van der Waals surface area contributed by atoms with E-state index in [0.29, 0.717) is 11.1 Å². The zero-order valence-corrected chi connectivity index (χ0v) is 9.79. The quantitative estimate of drug-likeness (QED) is 0.505. The van der Waals surface area contributed by atoms with Crippen LogP contribution in [0.25, 0.3) is 0 Å². The Bertz CT molecular complexity index is 614. The van der Waals surface area contributed by atoms with Crippen molar-refractivity contribution in [3.05, 3.63) is 69.5 Å². The van der Waals surface area contributed by atoms with Gasteiger partial charge in [-0.15, -0.1) is 0 Å². The van der Waals surface area contributed by atoms with Gasteiger partial charge in [0.15, 0.2) is 0 Å². The molecule has 98 valence electrons. The van der Waals surface area contributed by atoms with E-state index in [1.165, 1.54) is 42.5 Å². The lowest BCUT2D eigenvalue weighted by Gasteiger charge is -2.11. The molecule has 0 bridgehead atoms. The van der Waals surface area contributed by atoms with Gasteiger partial charge in [-0.1, -0.05) is 18.2 Å². The molecular weight excluding hydrogens is 251 g/mol. The van der Waals surface area contributed by atoms with E-state index in [4.69, 9.17) is 5.73 Å². The standard InChI is InChI=1S/C13H11FN2O3/c14-10-4-1-8(2-5-10)13(17)9-3-6-11(15)12(7-9)16(18)19/h1-7,13,17H,15H2.